The third kappa shape index (κ3) is 3.55. The number of hydrazone groups is 1. The number of nitrogens with two attached hydrogens (primary N) is 1. The van der Waals surface area contributed by atoms with Crippen molar-refractivity contribution in [2.24, 2.45) is 10.8 Å². The average Bonchev–Trinajstić information content (AvgIpc) is 2.28. The molecule has 0 saturated heterocycles. The van der Waals surface area contributed by atoms with E-state index in [4.69, 9.17) is 5.73 Å². The number of nitro groups is 1. The standard InChI is InChI=1S/C11H14N4O3/c1-7(2)9-4-3-8(5-10(9)15(17)18)6-13-14-11(12)16/h3-7H,1-2H3,(H3,12,14,16)/b13-6-. The fraction of sp³-hybridized carbons (Fsp3) is 0.273. The van der Waals surface area contributed by atoms with E-state index in [9.17, 15) is 14.9 Å². The zero-order valence-electron chi connectivity index (χ0n) is 10.1. The average molecular weight is 250 g/mol. The lowest BCUT2D eigenvalue weighted by Gasteiger charge is -2.06. The molecule has 1 aromatic rings. The Morgan fingerprint density at radius 2 is 2.22 bits per heavy atom. The molecule has 0 aliphatic carbocycles. The zero-order valence-corrected chi connectivity index (χ0v) is 10.1. The summed E-state index contributed by atoms with van der Waals surface area (Å²) in [6.45, 7) is 3.76. The molecule has 0 aromatic heterocycles. The van der Waals surface area contributed by atoms with Crippen LogP contribution >= 0.6 is 0 Å². The van der Waals surface area contributed by atoms with E-state index in [2.05, 4.69) is 5.10 Å². The number of hydrogen-bond acceptors (Lipinski definition) is 4. The summed E-state index contributed by atoms with van der Waals surface area (Å²) in [5, 5.41) is 14.5. The molecule has 0 bridgehead atoms. The maximum atomic E-state index is 10.9. The lowest BCUT2D eigenvalue weighted by molar-refractivity contribution is -0.385. The minimum atomic E-state index is -0.792. The van der Waals surface area contributed by atoms with Crippen LogP contribution in [-0.2, 0) is 0 Å². The van der Waals surface area contributed by atoms with Crippen LogP contribution < -0.4 is 11.2 Å². The van der Waals surface area contributed by atoms with Gasteiger partial charge in [-0.25, -0.2) is 10.2 Å². The van der Waals surface area contributed by atoms with Gasteiger partial charge in [0.25, 0.3) is 5.69 Å². The number of benzene rings is 1. The van der Waals surface area contributed by atoms with Crippen LogP contribution in [0.2, 0.25) is 0 Å². The van der Waals surface area contributed by atoms with Gasteiger partial charge in [-0.3, -0.25) is 10.1 Å². The quantitative estimate of drug-likeness (QED) is 0.482. The van der Waals surface area contributed by atoms with E-state index in [1.54, 1.807) is 12.1 Å². The molecule has 0 radical (unpaired) electrons. The maximum Gasteiger partial charge on any atom is 0.332 e. The van der Waals surface area contributed by atoms with Gasteiger partial charge in [-0.05, 0) is 5.92 Å². The van der Waals surface area contributed by atoms with Crippen molar-refractivity contribution in [2.45, 2.75) is 19.8 Å². The van der Waals surface area contributed by atoms with Crippen LogP contribution in [-0.4, -0.2) is 17.2 Å². The number of amides is 2. The van der Waals surface area contributed by atoms with Crippen LogP contribution in [0.4, 0.5) is 10.5 Å². The summed E-state index contributed by atoms with van der Waals surface area (Å²) in [4.78, 5) is 20.9. The first kappa shape index (κ1) is 13.6. The van der Waals surface area contributed by atoms with Gasteiger partial charge in [0, 0.05) is 17.2 Å². The number of carbonyl (C=O) groups is 1. The van der Waals surface area contributed by atoms with E-state index in [0.29, 0.717) is 11.1 Å². The van der Waals surface area contributed by atoms with Crippen molar-refractivity contribution in [3.8, 4) is 0 Å². The fourth-order valence-corrected chi connectivity index (χ4v) is 1.46. The molecule has 0 aliphatic rings. The van der Waals surface area contributed by atoms with Crippen LogP contribution in [0, 0.1) is 10.1 Å². The van der Waals surface area contributed by atoms with E-state index >= 15 is 0 Å². The van der Waals surface area contributed by atoms with Crippen molar-refractivity contribution in [3.05, 3.63) is 39.4 Å². The molecule has 2 amide bonds. The van der Waals surface area contributed by atoms with Crippen molar-refractivity contribution in [2.75, 3.05) is 0 Å². The molecular weight excluding hydrogens is 236 g/mol. The predicted octanol–water partition coefficient (Wildman–Crippen LogP) is 1.72. The molecule has 0 fully saturated rings. The fourth-order valence-electron chi connectivity index (χ4n) is 1.46. The van der Waals surface area contributed by atoms with Crippen molar-refractivity contribution >= 4 is 17.9 Å². The summed E-state index contributed by atoms with van der Waals surface area (Å²) in [5.74, 6) is 0.0557. The third-order valence-corrected chi connectivity index (χ3v) is 2.26. The minimum absolute atomic E-state index is 0.0352. The van der Waals surface area contributed by atoms with Crippen molar-refractivity contribution in [1.82, 2.24) is 5.43 Å². The van der Waals surface area contributed by atoms with Crippen molar-refractivity contribution < 1.29 is 9.72 Å². The minimum Gasteiger partial charge on any atom is -0.350 e. The molecule has 0 atom stereocenters. The Morgan fingerprint density at radius 3 is 2.72 bits per heavy atom. The second kappa shape index (κ2) is 5.76. The van der Waals surface area contributed by atoms with Gasteiger partial charge < -0.3 is 5.73 Å². The van der Waals surface area contributed by atoms with E-state index in [0.717, 1.165) is 0 Å². The monoisotopic (exact) mass is 250 g/mol. The Labute approximate surface area is 104 Å². The smallest absolute Gasteiger partial charge is 0.332 e. The number of urea groups is 1. The van der Waals surface area contributed by atoms with Crippen LogP contribution in [0.15, 0.2) is 23.3 Å². The van der Waals surface area contributed by atoms with Crippen LogP contribution in [0.3, 0.4) is 0 Å². The van der Waals surface area contributed by atoms with E-state index in [1.807, 2.05) is 19.3 Å². The Bertz CT molecular complexity index is 497. The highest BCUT2D eigenvalue weighted by Crippen LogP contribution is 2.26. The highest BCUT2D eigenvalue weighted by Gasteiger charge is 2.16. The normalized spacial score (nSPS) is 10.8. The number of nitro benzene ring substituents is 1. The molecule has 18 heavy (non-hydrogen) atoms. The summed E-state index contributed by atoms with van der Waals surface area (Å²) >= 11 is 0. The zero-order chi connectivity index (χ0) is 13.7. The predicted molar refractivity (Wildman–Crippen MR) is 67.5 cm³/mol. The first-order valence-corrected chi connectivity index (χ1v) is 5.28. The van der Waals surface area contributed by atoms with Gasteiger partial charge in [-0.15, -0.1) is 0 Å². The van der Waals surface area contributed by atoms with Gasteiger partial charge in [-0.1, -0.05) is 26.0 Å². The summed E-state index contributed by atoms with van der Waals surface area (Å²) in [7, 11) is 0. The van der Waals surface area contributed by atoms with Gasteiger partial charge in [0.05, 0.1) is 11.1 Å². The maximum absolute atomic E-state index is 10.9. The van der Waals surface area contributed by atoms with Crippen LogP contribution in [0.1, 0.15) is 30.9 Å². The molecule has 0 unspecified atom stereocenters. The van der Waals surface area contributed by atoms with Gasteiger partial charge >= 0.3 is 6.03 Å². The Morgan fingerprint density at radius 1 is 1.56 bits per heavy atom. The van der Waals surface area contributed by atoms with Crippen LogP contribution in [0.5, 0.6) is 0 Å². The number of hydrogen-bond donors (Lipinski definition) is 2. The molecule has 3 N–H and O–H groups in total. The summed E-state index contributed by atoms with van der Waals surface area (Å²) < 4.78 is 0. The first-order valence-electron chi connectivity index (χ1n) is 5.28. The lowest BCUT2D eigenvalue weighted by Crippen LogP contribution is -2.24. The van der Waals surface area contributed by atoms with Gasteiger partial charge in [0.15, 0.2) is 0 Å². The van der Waals surface area contributed by atoms with Crippen molar-refractivity contribution in [3.63, 3.8) is 0 Å². The van der Waals surface area contributed by atoms with E-state index in [-0.39, 0.29) is 11.6 Å². The second-order valence-electron chi connectivity index (χ2n) is 3.96. The van der Waals surface area contributed by atoms with Gasteiger partial charge in [0.1, 0.15) is 0 Å². The topological polar surface area (TPSA) is 111 Å². The first-order chi connectivity index (χ1) is 8.41. The largest absolute Gasteiger partial charge is 0.350 e. The molecule has 7 heteroatoms. The molecule has 0 aliphatic heterocycles. The van der Waals surface area contributed by atoms with Gasteiger partial charge in [0.2, 0.25) is 0 Å². The highest BCUT2D eigenvalue weighted by molar-refractivity contribution is 5.82. The lowest BCUT2D eigenvalue weighted by atomic mass is 9.99. The van der Waals surface area contributed by atoms with E-state index < -0.39 is 11.0 Å². The molecule has 0 heterocycles. The third-order valence-electron chi connectivity index (χ3n) is 2.26. The van der Waals surface area contributed by atoms with Crippen LogP contribution in [0.25, 0.3) is 0 Å². The molecule has 96 valence electrons. The molecule has 1 aromatic carbocycles. The number of nitrogens with zero attached hydrogens (tertiary/aromatic N) is 2. The Hall–Kier alpha value is -2.44. The van der Waals surface area contributed by atoms with E-state index in [1.165, 1.54) is 12.3 Å². The Balaban J connectivity index is 3.04. The molecule has 0 spiro atoms. The number of rotatable bonds is 4. The number of nitrogens with one attached hydrogen (secondary N) is 1. The highest BCUT2D eigenvalue weighted by atomic mass is 16.6. The summed E-state index contributed by atoms with van der Waals surface area (Å²) in [6.07, 6.45) is 1.29. The number of carbonyl (C=O) groups excluding carboxylic acids is 1. The second-order valence-corrected chi connectivity index (χ2v) is 3.96. The summed E-state index contributed by atoms with van der Waals surface area (Å²) in [5.41, 5.74) is 8.05. The number of primary amides is 1. The molecule has 0 saturated carbocycles. The SMILES string of the molecule is CC(C)c1ccc(/C=N\NC(N)=O)cc1[N+](=O)[O-]. The van der Waals surface area contributed by atoms with Gasteiger partial charge in [-0.2, -0.15) is 5.10 Å². The Kier molecular flexibility index (Phi) is 4.36. The molecule has 7 nitrogen and oxygen atoms in total. The summed E-state index contributed by atoms with van der Waals surface area (Å²) in [6, 6.07) is 3.98. The molecule has 1 rings (SSSR count). The molecular formula is C11H14N4O3. The van der Waals surface area contributed by atoms with Crippen molar-refractivity contribution in [1.29, 1.82) is 0 Å².